The highest BCUT2D eigenvalue weighted by atomic mass is 79.9. The van der Waals surface area contributed by atoms with E-state index in [4.69, 9.17) is 5.73 Å². The number of hydrogen-bond donors (Lipinski definition) is 1. The van der Waals surface area contributed by atoms with E-state index in [0.717, 1.165) is 6.07 Å². The maximum atomic E-state index is 14.0. The standard InChI is InChI=1S/C14H9Br2F4N/c15-10-5-4-7(6-9(10)14(18,19)20)13(21)8-2-1-3-11(16)12(8)17/h1-6,13H,21H2. The topological polar surface area (TPSA) is 26.0 Å². The van der Waals surface area contributed by atoms with Crippen LogP contribution in [0.25, 0.3) is 0 Å². The van der Waals surface area contributed by atoms with E-state index in [1.54, 1.807) is 6.07 Å². The number of alkyl halides is 3. The summed E-state index contributed by atoms with van der Waals surface area (Å²) in [6.45, 7) is 0. The molecular formula is C14H9Br2F4N. The maximum absolute atomic E-state index is 14.0. The van der Waals surface area contributed by atoms with Crippen molar-refractivity contribution in [1.29, 1.82) is 0 Å². The Hall–Kier alpha value is -0.920. The van der Waals surface area contributed by atoms with Crippen LogP contribution in [-0.4, -0.2) is 0 Å². The smallest absolute Gasteiger partial charge is 0.320 e. The minimum Gasteiger partial charge on any atom is -0.320 e. The Morgan fingerprint density at radius 1 is 1.00 bits per heavy atom. The van der Waals surface area contributed by atoms with Crippen molar-refractivity contribution in [3.8, 4) is 0 Å². The molecule has 112 valence electrons. The molecule has 21 heavy (non-hydrogen) atoms. The summed E-state index contributed by atoms with van der Waals surface area (Å²) in [4.78, 5) is 0. The first-order valence-corrected chi connectivity index (χ1v) is 7.36. The zero-order chi connectivity index (χ0) is 15.8. The molecular weight excluding hydrogens is 418 g/mol. The molecule has 2 aromatic rings. The predicted octanol–water partition coefficient (Wildman–Crippen LogP) is 5.42. The molecule has 0 aliphatic carbocycles. The molecule has 0 amide bonds. The van der Waals surface area contributed by atoms with Crippen LogP contribution < -0.4 is 5.73 Å². The summed E-state index contributed by atoms with van der Waals surface area (Å²) in [7, 11) is 0. The summed E-state index contributed by atoms with van der Waals surface area (Å²) in [5.41, 5.74) is 5.37. The Kier molecular flexibility index (Phi) is 4.75. The monoisotopic (exact) mass is 425 g/mol. The van der Waals surface area contributed by atoms with E-state index >= 15 is 0 Å². The lowest BCUT2D eigenvalue weighted by Gasteiger charge is -2.17. The van der Waals surface area contributed by atoms with Crippen molar-refractivity contribution in [3.05, 3.63) is 67.9 Å². The summed E-state index contributed by atoms with van der Waals surface area (Å²) in [6, 6.07) is 7.14. The molecule has 2 N–H and O–H groups in total. The molecule has 0 aliphatic heterocycles. The van der Waals surface area contributed by atoms with E-state index in [1.165, 1.54) is 24.3 Å². The van der Waals surface area contributed by atoms with Crippen LogP contribution in [0.3, 0.4) is 0 Å². The van der Waals surface area contributed by atoms with Gasteiger partial charge in [-0.3, -0.25) is 0 Å². The summed E-state index contributed by atoms with van der Waals surface area (Å²) in [5, 5.41) is 0. The second kappa shape index (κ2) is 6.06. The van der Waals surface area contributed by atoms with Gasteiger partial charge in [-0.2, -0.15) is 13.2 Å². The van der Waals surface area contributed by atoms with Gasteiger partial charge in [0.1, 0.15) is 5.82 Å². The van der Waals surface area contributed by atoms with Crippen LogP contribution in [0, 0.1) is 5.82 Å². The van der Waals surface area contributed by atoms with Gasteiger partial charge in [-0.15, -0.1) is 0 Å². The van der Waals surface area contributed by atoms with Crippen LogP contribution >= 0.6 is 31.9 Å². The van der Waals surface area contributed by atoms with Crippen molar-refractivity contribution in [1.82, 2.24) is 0 Å². The van der Waals surface area contributed by atoms with Crippen LogP contribution in [0.15, 0.2) is 45.3 Å². The zero-order valence-corrected chi connectivity index (χ0v) is 13.6. The first kappa shape index (κ1) is 16.5. The molecule has 7 heteroatoms. The SMILES string of the molecule is NC(c1ccc(Br)c(C(F)(F)F)c1)c1cccc(Br)c1F. The Balaban J connectivity index is 2.49. The van der Waals surface area contributed by atoms with Crippen LogP contribution in [0.2, 0.25) is 0 Å². The average Bonchev–Trinajstić information content (AvgIpc) is 2.40. The van der Waals surface area contributed by atoms with Gasteiger partial charge in [0.15, 0.2) is 0 Å². The van der Waals surface area contributed by atoms with E-state index in [2.05, 4.69) is 31.9 Å². The van der Waals surface area contributed by atoms with Crippen molar-refractivity contribution in [2.24, 2.45) is 5.73 Å². The zero-order valence-electron chi connectivity index (χ0n) is 10.4. The third-order valence-corrected chi connectivity index (χ3v) is 4.28. The van der Waals surface area contributed by atoms with Crippen molar-refractivity contribution in [2.45, 2.75) is 12.2 Å². The number of halogens is 6. The highest BCUT2D eigenvalue weighted by Gasteiger charge is 2.33. The Morgan fingerprint density at radius 2 is 1.67 bits per heavy atom. The summed E-state index contributed by atoms with van der Waals surface area (Å²) in [6.07, 6.45) is -4.51. The molecule has 0 spiro atoms. The number of rotatable bonds is 2. The Bertz CT molecular complexity index is 671. The molecule has 0 saturated carbocycles. The third kappa shape index (κ3) is 3.46. The van der Waals surface area contributed by atoms with Crippen molar-refractivity contribution < 1.29 is 17.6 Å². The van der Waals surface area contributed by atoms with E-state index in [9.17, 15) is 17.6 Å². The molecule has 2 rings (SSSR count). The van der Waals surface area contributed by atoms with Gasteiger partial charge in [-0.05, 0) is 39.7 Å². The largest absolute Gasteiger partial charge is 0.417 e. The highest BCUT2D eigenvalue weighted by Crippen LogP contribution is 2.37. The second-order valence-corrected chi connectivity index (χ2v) is 6.07. The minimum absolute atomic E-state index is 0.0827. The maximum Gasteiger partial charge on any atom is 0.417 e. The van der Waals surface area contributed by atoms with Gasteiger partial charge in [0.25, 0.3) is 0 Å². The fraction of sp³-hybridized carbons (Fsp3) is 0.143. The number of benzene rings is 2. The van der Waals surface area contributed by atoms with Crippen LogP contribution in [0.1, 0.15) is 22.7 Å². The molecule has 0 bridgehead atoms. The Labute approximate surface area is 135 Å². The summed E-state index contributed by atoms with van der Waals surface area (Å²) >= 11 is 5.88. The lowest BCUT2D eigenvalue weighted by atomic mass is 9.97. The molecule has 0 radical (unpaired) electrons. The van der Waals surface area contributed by atoms with Crippen molar-refractivity contribution >= 4 is 31.9 Å². The van der Waals surface area contributed by atoms with E-state index in [1.807, 2.05) is 0 Å². The molecule has 1 atom stereocenters. The number of nitrogens with two attached hydrogens (primary N) is 1. The quantitative estimate of drug-likeness (QED) is 0.637. The molecule has 2 aromatic carbocycles. The average molecular weight is 427 g/mol. The van der Waals surface area contributed by atoms with E-state index in [-0.39, 0.29) is 20.1 Å². The summed E-state index contributed by atoms with van der Waals surface area (Å²) in [5.74, 6) is -0.582. The van der Waals surface area contributed by atoms with Crippen LogP contribution in [0.4, 0.5) is 17.6 Å². The van der Waals surface area contributed by atoms with Gasteiger partial charge in [0.2, 0.25) is 0 Å². The van der Waals surface area contributed by atoms with Crippen molar-refractivity contribution in [3.63, 3.8) is 0 Å². The van der Waals surface area contributed by atoms with Gasteiger partial charge in [-0.25, -0.2) is 4.39 Å². The Morgan fingerprint density at radius 3 is 2.29 bits per heavy atom. The molecule has 0 aliphatic rings. The predicted molar refractivity (Wildman–Crippen MR) is 79.3 cm³/mol. The van der Waals surface area contributed by atoms with Gasteiger partial charge in [0, 0.05) is 10.0 Å². The van der Waals surface area contributed by atoms with Crippen LogP contribution in [0.5, 0.6) is 0 Å². The first-order chi connectivity index (χ1) is 9.71. The van der Waals surface area contributed by atoms with E-state index in [0.29, 0.717) is 0 Å². The minimum atomic E-state index is -4.51. The molecule has 0 aromatic heterocycles. The normalized spacial score (nSPS) is 13.3. The molecule has 1 unspecified atom stereocenters. The third-order valence-electron chi connectivity index (χ3n) is 2.97. The molecule has 0 fully saturated rings. The first-order valence-electron chi connectivity index (χ1n) is 5.78. The fourth-order valence-electron chi connectivity index (χ4n) is 1.89. The van der Waals surface area contributed by atoms with Crippen molar-refractivity contribution in [2.75, 3.05) is 0 Å². The summed E-state index contributed by atoms with van der Waals surface area (Å²) < 4.78 is 52.8. The van der Waals surface area contributed by atoms with Gasteiger partial charge < -0.3 is 5.73 Å². The highest BCUT2D eigenvalue weighted by molar-refractivity contribution is 9.10. The second-order valence-electron chi connectivity index (χ2n) is 4.36. The molecule has 1 nitrogen and oxygen atoms in total. The van der Waals surface area contributed by atoms with Gasteiger partial charge in [-0.1, -0.05) is 34.1 Å². The van der Waals surface area contributed by atoms with E-state index < -0.39 is 23.6 Å². The van der Waals surface area contributed by atoms with Crippen LogP contribution in [-0.2, 0) is 6.18 Å². The molecule has 0 heterocycles. The number of hydrogen-bond acceptors (Lipinski definition) is 1. The van der Waals surface area contributed by atoms with Gasteiger partial charge >= 0.3 is 6.18 Å². The lowest BCUT2D eigenvalue weighted by molar-refractivity contribution is -0.138. The fourth-order valence-corrected chi connectivity index (χ4v) is 2.75. The van der Waals surface area contributed by atoms with Gasteiger partial charge in [0.05, 0.1) is 16.1 Å². The molecule has 0 saturated heterocycles. The lowest BCUT2D eigenvalue weighted by Crippen LogP contribution is -2.15.